The zero-order valence-electron chi connectivity index (χ0n) is 12.3. The largest absolute Gasteiger partial charge is 0.300 e. The minimum atomic E-state index is 0.482. The summed E-state index contributed by atoms with van der Waals surface area (Å²) in [4.78, 5) is 11.7. The molecule has 0 bridgehead atoms. The highest BCUT2D eigenvalue weighted by Gasteiger charge is 2.29. The molecule has 1 atom stereocenters. The molecule has 2 aliphatic rings. The van der Waals surface area contributed by atoms with E-state index in [2.05, 4.69) is 49.5 Å². The van der Waals surface area contributed by atoms with Crippen molar-refractivity contribution >= 4 is 29.3 Å². The molecule has 108 valence electrons. The molecule has 1 unspecified atom stereocenters. The highest BCUT2D eigenvalue weighted by molar-refractivity contribution is 8.16. The predicted octanol–water partition coefficient (Wildman–Crippen LogP) is 4.87. The second-order valence-electron chi connectivity index (χ2n) is 6.09. The lowest BCUT2D eigenvalue weighted by molar-refractivity contribution is -0.121. The third-order valence-corrected chi connectivity index (χ3v) is 7.73. The fourth-order valence-corrected chi connectivity index (χ4v) is 6.19. The van der Waals surface area contributed by atoms with Crippen molar-refractivity contribution in [3.8, 4) is 0 Å². The Morgan fingerprint density at radius 3 is 2.20 bits per heavy atom. The molecule has 1 fully saturated rings. The molecule has 3 heteroatoms. The van der Waals surface area contributed by atoms with Gasteiger partial charge in [0.05, 0.1) is 4.58 Å². The Morgan fingerprint density at radius 1 is 1.05 bits per heavy atom. The average molecular weight is 306 g/mol. The molecule has 0 spiro atoms. The number of thioether (sulfide) groups is 2. The zero-order valence-corrected chi connectivity index (χ0v) is 13.9. The molecule has 3 rings (SSSR count). The second-order valence-corrected chi connectivity index (χ2v) is 8.65. The van der Waals surface area contributed by atoms with Gasteiger partial charge in [-0.1, -0.05) is 12.1 Å². The molecule has 20 heavy (non-hydrogen) atoms. The third kappa shape index (κ3) is 3.09. The van der Waals surface area contributed by atoms with Gasteiger partial charge >= 0.3 is 0 Å². The number of hydrogen-bond acceptors (Lipinski definition) is 3. The standard InChI is InChI=1S/C17H22OS2/c1-11-6-14-9-19-17(13-4-3-5-16(18)8-13)20-10-15(14)7-12(11)2/h6-7,13,17H,3-5,8-10H2,1-2H3. The highest BCUT2D eigenvalue weighted by atomic mass is 32.2. The molecule has 1 nitrogen and oxygen atoms in total. The maximum absolute atomic E-state index is 11.7. The SMILES string of the molecule is Cc1cc2c(cc1C)CSC(C1CCCC(=O)C1)SC2. The van der Waals surface area contributed by atoms with Gasteiger partial charge in [0.25, 0.3) is 0 Å². The number of carbonyl (C=O) groups excluding carboxylic acids is 1. The van der Waals surface area contributed by atoms with E-state index in [9.17, 15) is 4.79 Å². The molecule has 0 aromatic heterocycles. The van der Waals surface area contributed by atoms with Gasteiger partial charge in [-0.15, -0.1) is 23.5 Å². The Hall–Kier alpha value is -0.410. The van der Waals surface area contributed by atoms with Crippen LogP contribution in [0.1, 0.15) is 47.9 Å². The Bertz CT molecular complexity index is 491. The molecule has 0 radical (unpaired) electrons. The molecule has 1 aliphatic carbocycles. The zero-order chi connectivity index (χ0) is 14.1. The summed E-state index contributed by atoms with van der Waals surface area (Å²) in [5, 5.41) is 0. The maximum Gasteiger partial charge on any atom is 0.133 e. The van der Waals surface area contributed by atoms with Crippen molar-refractivity contribution in [1.82, 2.24) is 0 Å². The van der Waals surface area contributed by atoms with Crippen LogP contribution in [0, 0.1) is 19.8 Å². The summed E-state index contributed by atoms with van der Waals surface area (Å²) in [6, 6.07) is 4.74. The van der Waals surface area contributed by atoms with Crippen molar-refractivity contribution in [2.24, 2.45) is 5.92 Å². The Labute approximate surface area is 130 Å². The quantitative estimate of drug-likeness (QED) is 0.737. The number of aryl methyl sites for hydroxylation is 2. The van der Waals surface area contributed by atoms with Crippen molar-refractivity contribution in [3.63, 3.8) is 0 Å². The number of fused-ring (bicyclic) bond motifs is 1. The summed E-state index contributed by atoms with van der Waals surface area (Å²) in [7, 11) is 0. The molecule has 1 aromatic rings. The smallest absolute Gasteiger partial charge is 0.133 e. The highest BCUT2D eigenvalue weighted by Crippen LogP contribution is 2.43. The van der Waals surface area contributed by atoms with Gasteiger partial charge in [-0.05, 0) is 54.9 Å². The van der Waals surface area contributed by atoms with Crippen LogP contribution in [-0.4, -0.2) is 10.4 Å². The van der Waals surface area contributed by atoms with Gasteiger partial charge < -0.3 is 0 Å². The number of rotatable bonds is 1. The van der Waals surface area contributed by atoms with Crippen LogP contribution in [0.15, 0.2) is 12.1 Å². The van der Waals surface area contributed by atoms with Crippen LogP contribution >= 0.6 is 23.5 Å². The lowest BCUT2D eigenvalue weighted by Crippen LogP contribution is -2.22. The van der Waals surface area contributed by atoms with Crippen LogP contribution in [0.3, 0.4) is 0 Å². The molecular weight excluding hydrogens is 284 g/mol. The first-order valence-electron chi connectivity index (χ1n) is 7.47. The molecular formula is C17H22OS2. The van der Waals surface area contributed by atoms with Crippen molar-refractivity contribution in [2.45, 2.75) is 55.6 Å². The Morgan fingerprint density at radius 2 is 1.65 bits per heavy atom. The normalized spacial score (nSPS) is 24.3. The summed E-state index contributed by atoms with van der Waals surface area (Å²) in [6.45, 7) is 4.41. The summed E-state index contributed by atoms with van der Waals surface area (Å²) >= 11 is 4.12. The van der Waals surface area contributed by atoms with E-state index in [0.29, 0.717) is 16.3 Å². The number of ketones is 1. The van der Waals surface area contributed by atoms with Gasteiger partial charge in [0.15, 0.2) is 0 Å². The second kappa shape index (κ2) is 6.15. The van der Waals surface area contributed by atoms with Crippen LogP contribution in [0.2, 0.25) is 0 Å². The van der Waals surface area contributed by atoms with E-state index >= 15 is 0 Å². The summed E-state index contributed by atoms with van der Waals surface area (Å²) < 4.78 is 0.604. The van der Waals surface area contributed by atoms with Crippen molar-refractivity contribution in [3.05, 3.63) is 34.4 Å². The molecule has 1 heterocycles. The van der Waals surface area contributed by atoms with Crippen LogP contribution in [0.4, 0.5) is 0 Å². The first kappa shape index (κ1) is 14.5. The Balaban J connectivity index is 1.73. The van der Waals surface area contributed by atoms with E-state index in [1.54, 1.807) is 0 Å². The topological polar surface area (TPSA) is 17.1 Å². The number of hydrogen-bond donors (Lipinski definition) is 0. The van der Waals surface area contributed by atoms with E-state index in [4.69, 9.17) is 0 Å². The summed E-state index contributed by atoms with van der Waals surface area (Å²) in [5.41, 5.74) is 5.83. The van der Waals surface area contributed by atoms with E-state index in [0.717, 1.165) is 30.8 Å². The van der Waals surface area contributed by atoms with Crippen LogP contribution in [0.25, 0.3) is 0 Å². The van der Waals surface area contributed by atoms with Crippen LogP contribution in [-0.2, 0) is 16.3 Å². The van der Waals surface area contributed by atoms with Gasteiger partial charge in [0.1, 0.15) is 5.78 Å². The molecule has 0 N–H and O–H groups in total. The van der Waals surface area contributed by atoms with Crippen molar-refractivity contribution < 1.29 is 4.79 Å². The van der Waals surface area contributed by atoms with E-state index < -0.39 is 0 Å². The van der Waals surface area contributed by atoms with Gasteiger partial charge in [0.2, 0.25) is 0 Å². The van der Waals surface area contributed by atoms with Gasteiger partial charge in [-0.2, -0.15) is 0 Å². The van der Waals surface area contributed by atoms with Gasteiger partial charge in [0, 0.05) is 24.3 Å². The maximum atomic E-state index is 11.7. The lowest BCUT2D eigenvalue weighted by Gasteiger charge is -2.27. The van der Waals surface area contributed by atoms with Crippen LogP contribution in [0.5, 0.6) is 0 Å². The fourth-order valence-electron chi connectivity index (χ4n) is 3.16. The first-order valence-corrected chi connectivity index (χ1v) is 9.57. The molecule has 1 saturated carbocycles. The summed E-state index contributed by atoms with van der Waals surface area (Å²) in [5.74, 6) is 3.30. The molecule has 1 aromatic carbocycles. The molecule has 0 amide bonds. The first-order chi connectivity index (χ1) is 9.63. The van der Waals surface area contributed by atoms with Crippen molar-refractivity contribution in [2.75, 3.05) is 0 Å². The minimum absolute atomic E-state index is 0.482. The van der Waals surface area contributed by atoms with Gasteiger partial charge in [-0.3, -0.25) is 4.79 Å². The summed E-state index contributed by atoms with van der Waals surface area (Å²) in [6.07, 6.45) is 3.98. The number of Topliss-reactive ketones (excluding diaryl/α,β-unsaturated/α-hetero) is 1. The minimum Gasteiger partial charge on any atom is -0.300 e. The molecule has 1 aliphatic heterocycles. The number of benzene rings is 1. The van der Waals surface area contributed by atoms with E-state index in [1.165, 1.54) is 28.7 Å². The number of carbonyl (C=O) groups is 1. The average Bonchev–Trinajstić information content (AvgIpc) is 2.62. The fraction of sp³-hybridized carbons (Fsp3) is 0.588. The van der Waals surface area contributed by atoms with Crippen LogP contribution < -0.4 is 0 Å². The predicted molar refractivity (Wildman–Crippen MR) is 89.3 cm³/mol. The van der Waals surface area contributed by atoms with E-state index in [-0.39, 0.29) is 0 Å². The van der Waals surface area contributed by atoms with Gasteiger partial charge in [-0.25, -0.2) is 0 Å². The van der Waals surface area contributed by atoms with Crippen molar-refractivity contribution in [1.29, 1.82) is 0 Å². The Kier molecular flexibility index (Phi) is 4.46. The lowest BCUT2D eigenvalue weighted by atomic mass is 9.90. The van der Waals surface area contributed by atoms with E-state index in [1.807, 2.05) is 0 Å². The molecule has 0 saturated heterocycles. The monoisotopic (exact) mass is 306 g/mol. The third-order valence-electron chi connectivity index (χ3n) is 4.53.